The summed E-state index contributed by atoms with van der Waals surface area (Å²) < 4.78 is 9.11. The second-order valence-corrected chi connectivity index (χ2v) is 16.8. The molecule has 0 fully saturated rings. The highest BCUT2D eigenvalue weighted by molar-refractivity contribution is 6.24. The fourth-order valence-corrected chi connectivity index (χ4v) is 10.2. The topological polar surface area (TPSA) is 56.7 Å². The molecule has 0 unspecified atom stereocenters. The maximum Gasteiger partial charge on any atom is 0.164 e. The Bertz CT molecular complexity index is 4260. The Hall–Kier alpha value is -8.67. The standard InChI is InChI=1S/C59H34N4O/c1-2-13-36(14-3-1)57-60-58(62-59(61-57)49-32-39-17-7-8-18-43(39)46-20-10-11-21-47(46)49)41-22-26-48-54(34-41)64-53-29-24-40-30-42(25-27-45(40)56(48)53)63-51-28-23-35-12-6-9-19-44(35)55(51)50-31-37-15-4-5-16-38(37)33-52(50)63/h1-34H. The van der Waals surface area contributed by atoms with Gasteiger partial charge in [-0.1, -0.05) is 152 Å². The number of benzene rings is 11. The van der Waals surface area contributed by atoms with E-state index < -0.39 is 0 Å². The zero-order valence-corrected chi connectivity index (χ0v) is 34.3. The number of aromatic nitrogens is 4. The van der Waals surface area contributed by atoms with Crippen LogP contribution in [0, 0.1) is 0 Å². The van der Waals surface area contributed by atoms with Gasteiger partial charge in [0.1, 0.15) is 11.2 Å². The van der Waals surface area contributed by atoms with Crippen molar-refractivity contribution in [3.63, 3.8) is 0 Å². The molecule has 5 heteroatoms. The summed E-state index contributed by atoms with van der Waals surface area (Å²) in [7, 11) is 0. The van der Waals surface area contributed by atoms with Gasteiger partial charge < -0.3 is 8.98 Å². The summed E-state index contributed by atoms with van der Waals surface area (Å²) in [6, 6.07) is 73.4. The highest BCUT2D eigenvalue weighted by Crippen LogP contribution is 2.42. The van der Waals surface area contributed by atoms with E-state index in [9.17, 15) is 0 Å². The maximum absolute atomic E-state index is 6.68. The van der Waals surface area contributed by atoms with Gasteiger partial charge in [-0.15, -0.1) is 0 Å². The first-order chi connectivity index (χ1) is 31.7. The summed E-state index contributed by atoms with van der Waals surface area (Å²) in [6.45, 7) is 0. The number of rotatable bonds is 4. The van der Waals surface area contributed by atoms with Crippen molar-refractivity contribution in [2.45, 2.75) is 0 Å². The van der Waals surface area contributed by atoms with E-state index in [1.165, 1.54) is 54.1 Å². The molecule has 3 aromatic heterocycles. The minimum Gasteiger partial charge on any atom is -0.456 e. The van der Waals surface area contributed by atoms with Crippen molar-refractivity contribution < 1.29 is 4.42 Å². The number of hydrogen-bond acceptors (Lipinski definition) is 4. The Morgan fingerprint density at radius 1 is 0.312 bits per heavy atom. The van der Waals surface area contributed by atoms with Gasteiger partial charge in [0.2, 0.25) is 0 Å². The molecular formula is C59H34N4O. The van der Waals surface area contributed by atoms with Crippen LogP contribution in [0.4, 0.5) is 0 Å². The van der Waals surface area contributed by atoms with Crippen molar-refractivity contribution in [1.82, 2.24) is 19.5 Å². The lowest BCUT2D eigenvalue weighted by Crippen LogP contribution is -2.00. The van der Waals surface area contributed by atoms with Crippen LogP contribution < -0.4 is 0 Å². The summed E-state index contributed by atoms with van der Waals surface area (Å²) in [5.41, 5.74) is 7.87. The lowest BCUT2D eigenvalue weighted by Gasteiger charge is -2.12. The van der Waals surface area contributed by atoms with E-state index >= 15 is 0 Å². The molecule has 0 aliphatic rings. The third-order valence-corrected chi connectivity index (χ3v) is 13.2. The predicted octanol–water partition coefficient (Wildman–Crippen LogP) is 15.6. The molecule has 0 saturated carbocycles. The normalized spacial score (nSPS) is 12.1. The van der Waals surface area contributed by atoms with E-state index in [4.69, 9.17) is 19.4 Å². The van der Waals surface area contributed by atoms with Gasteiger partial charge in [0.25, 0.3) is 0 Å². The average molecular weight is 815 g/mol. The summed E-state index contributed by atoms with van der Waals surface area (Å²) >= 11 is 0. The summed E-state index contributed by atoms with van der Waals surface area (Å²) in [5, 5.41) is 16.5. The first kappa shape index (κ1) is 35.0. The van der Waals surface area contributed by atoms with Crippen LogP contribution >= 0.6 is 0 Å². The fourth-order valence-electron chi connectivity index (χ4n) is 10.2. The molecule has 0 amide bonds. The number of fused-ring (bicyclic) bond motifs is 14. The van der Waals surface area contributed by atoms with Crippen LogP contribution in [0.1, 0.15) is 0 Å². The van der Waals surface area contributed by atoms with Crippen LogP contribution in [-0.2, 0) is 0 Å². The average Bonchev–Trinajstić information content (AvgIpc) is 3.90. The number of furan rings is 1. The van der Waals surface area contributed by atoms with Crippen LogP contribution in [0.25, 0.3) is 137 Å². The molecule has 3 heterocycles. The third kappa shape index (κ3) is 5.22. The quantitative estimate of drug-likeness (QED) is 0.166. The molecule has 14 rings (SSSR count). The van der Waals surface area contributed by atoms with Crippen molar-refractivity contribution in [2.75, 3.05) is 0 Å². The Morgan fingerprint density at radius 2 is 0.938 bits per heavy atom. The van der Waals surface area contributed by atoms with Crippen molar-refractivity contribution in [3.8, 4) is 39.9 Å². The summed E-state index contributed by atoms with van der Waals surface area (Å²) in [6.07, 6.45) is 0. The molecule has 11 aromatic carbocycles. The van der Waals surface area contributed by atoms with E-state index in [1.807, 2.05) is 30.3 Å². The van der Waals surface area contributed by atoms with E-state index in [1.54, 1.807) is 0 Å². The lowest BCUT2D eigenvalue weighted by atomic mass is 9.97. The minimum absolute atomic E-state index is 0.588. The molecule has 0 saturated heterocycles. The van der Waals surface area contributed by atoms with Gasteiger partial charge in [-0.25, -0.2) is 15.0 Å². The van der Waals surface area contributed by atoms with Crippen LogP contribution in [0.2, 0.25) is 0 Å². The smallest absolute Gasteiger partial charge is 0.164 e. The van der Waals surface area contributed by atoms with E-state index in [0.717, 1.165) is 65.9 Å². The summed E-state index contributed by atoms with van der Waals surface area (Å²) in [4.78, 5) is 15.4. The lowest BCUT2D eigenvalue weighted by molar-refractivity contribution is 0.669. The highest BCUT2D eigenvalue weighted by Gasteiger charge is 2.20. The first-order valence-corrected chi connectivity index (χ1v) is 21.7. The van der Waals surface area contributed by atoms with Crippen LogP contribution in [0.15, 0.2) is 211 Å². The molecule has 0 aliphatic heterocycles. The van der Waals surface area contributed by atoms with E-state index in [0.29, 0.717) is 17.5 Å². The zero-order chi connectivity index (χ0) is 41.9. The van der Waals surface area contributed by atoms with Crippen LogP contribution in [0.5, 0.6) is 0 Å². The van der Waals surface area contributed by atoms with E-state index in [2.05, 4.69) is 180 Å². The summed E-state index contributed by atoms with van der Waals surface area (Å²) in [5.74, 6) is 1.83. The van der Waals surface area contributed by atoms with Gasteiger partial charge in [-0.05, 0) is 108 Å². The van der Waals surface area contributed by atoms with Gasteiger partial charge in [0.05, 0.1) is 11.0 Å². The predicted molar refractivity (Wildman–Crippen MR) is 265 cm³/mol. The molecule has 0 atom stereocenters. The van der Waals surface area contributed by atoms with Gasteiger partial charge in [-0.2, -0.15) is 0 Å². The Labute approximate surface area is 366 Å². The fraction of sp³-hybridized carbons (Fsp3) is 0. The number of nitrogens with zero attached hydrogens (tertiary/aromatic N) is 4. The zero-order valence-electron chi connectivity index (χ0n) is 34.3. The maximum atomic E-state index is 6.68. The van der Waals surface area contributed by atoms with Crippen LogP contribution in [-0.4, -0.2) is 19.5 Å². The molecule has 0 radical (unpaired) electrons. The monoisotopic (exact) mass is 814 g/mol. The number of hydrogen-bond donors (Lipinski definition) is 0. The molecule has 5 nitrogen and oxygen atoms in total. The van der Waals surface area contributed by atoms with Crippen molar-refractivity contribution in [2.24, 2.45) is 0 Å². The molecule has 296 valence electrons. The second kappa shape index (κ2) is 13.4. The molecule has 0 N–H and O–H groups in total. The molecule has 14 aromatic rings. The molecule has 0 bridgehead atoms. The molecular weight excluding hydrogens is 781 g/mol. The SMILES string of the molecule is c1ccc(-c2nc(-c3ccc4c(c3)oc3ccc5cc(-n6c7cc8ccccc8cc7c7c8ccccc8ccc76)ccc5c34)nc(-c3cc4ccccc4c4ccccc34)n2)cc1. The minimum atomic E-state index is 0.588. The van der Waals surface area contributed by atoms with Gasteiger partial charge in [-0.3, -0.25) is 0 Å². The van der Waals surface area contributed by atoms with Crippen LogP contribution in [0.3, 0.4) is 0 Å². The molecule has 64 heavy (non-hydrogen) atoms. The Balaban J connectivity index is 0.934. The van der Waals surface area contributed by atoms with Crippen molar-refractivity contribution in [3.05, 3.63) is 206 Å². The van der Waals surface area contributed by atoms with Crippen molar-refractivity contribution in [1.29, 1.82) is 0 Å². The Kier molecular flexibility index (Phi) is 7.33. The van der Waals surface area contributed by atoms with Gasteiger partial charge in [0.15, 0.2) is 17.5 Å². The first-order valence-electron chi connectivity index (χ1n) is 21.7. The van der Waals surface area contributed by atoms with E-state index in [-0.39, 0.29) is 0 Å². The largest absolute Gasteiger partial charge is 0.456 e. The molecule has 0 spiro atoms. The Morgan fingerprint density at radius 3 is 1.78 bits per heavy atom. The molecule has 0 aliphatic carbocycles. The van der Waals surface area contributed by atoms with Gasteiger partial charge in [0, 0.05) is 43.9 Å². The van der Waals surface area contributed by atoms with Gasteiger partial charge >= 0.3 is 0 Å². The highest BCUT2D eigenvalue weighted by atomic mass is 16.3. The third-order valence-electron chi connectivity index (χ3n) is 13.2. The second-order valence-electron chi connectivity index (χ2n) is 16.8. The van der Waals surface area contributed by atoms with Crippen molar-refractivity contribution >= 4 is 97.6 Å².